The highest BCUT2D eigenvalue weighted by Gasteiger charge is 2.28. The molecule has 2 aliphatic rings. The van der Waals surface area contributed by atoms with Gasteiger partial charge in [0, 0.05) is 23.4 Å². The fourth-order valence-corrected chi connectivity index (χ4v) is 3.29. The van der Waals surface area contributed by atoms with Crippen LogP contribution in [0.1, 0.15) is 49.4 Å². The first-order chi connectivity index (χ1) is 10.9. The zero-order valence-corrected chi connectivity index (χ0v) is 13.5. The van der Waals surface area contributed by atoms with E-state index in [1.807, 2.05) is 35.0 Å². The lowest BCUT2D eigenvalue weighted by Crippen LogP contribution is -2.23. The van der Waals surface area contributed by atoms with Crippen molar-refractivity contribution in [3.63, 3.8) is 0 Å². The monoisotopic (exact) mass is 307 g/mol. The van der Waals surface area contributed by atoms with Crippen LogP contribution in [0.2, 0.25) is 0 Å². The molecule has 1 aromatic carbocycles. The molecule has 1 N–H and O–H groups in total. The minimum atomic E-state index is -0.840. The van der Waals surface area contributed by atoms with Crippen LogP contribution in [0.4, 0.5) is 0 Å². The smallest absolute Gasteiger partial charge is 0.254 e. The molecule has 23 heavy (non-hydrogen) atoms. The molecule has 1 heterocycles. The number of allylic oxidation sites excluding steroid dienone is 1. The molecule has 0 aliphatic heterocycles. The van der Waals surface area contributed by atoms with Crippen molar-refractivity contribution >= 4 is 6.08 Å². The third-order valence-electron chi connectivity index (χ3n) is 4.83. The molecule has 0 bridgehead atoms. The largest absolute Gasteiger partial charge is 0.386 e. The Kier molecular flexibility index (Phi) is 3.10. The van der Waals surface area contributed by atoms with Gasteiger partial charge in [0.05, 0.1) is 5.60 Å². The Morgan fingerprint density at radius 1 is 1.17 bits per heavy atom. The van der Waals surface area contributed by atoms with Crippen molar-refractivity contribution < 1.29 is 5.11 Å². The number of hydrogen-bond acceptors (Lipinski definition) is 2. The molecule has 1 aromatic heterocycles. The molecule has 1 fully saturated rings. The molecule has 2 aliphatic carbocycles. The van der Waals surface area contributed by atoms with Gasteiger partial charge in [-0.25, -0.2) is 0 Å². The lowest BCUT2D eigenvalue weighted by atomic mass is 9.94. The highest BCUT2D eigenvalue weighted by molar-refractivity contribution is 5.78. The predicted molar refractivity (Wildman–Crippen MR) is 92.4 cm³/mol. The molecule has 0 amide bonds. The van der Waals surface area contributed by atoms with Crippen molar-refractivity contribution in [2.75, 3.05) is 0 Å². The highest BCUT2D eigenvalue weighted by atomic mass is 16.3. The maximum atomic E-state index is 12.6. The van der Waals surface area contributed by atoms with Gasteiger partial charge in [0.15, 0.2) is 0 Å². The third kappa shape index (κ3) is 2.45. The van der Waals surface area contributed by atoms with E-state index in [4.69, 9.17) is 0 Å². The number of aliphatic hydroxyl groups is 1. The Balaban J connectivity index is 1.85. The van der Waals surface area contributed by atoms with E-state index in [1.165, 1.54) is 0 Å². The molecule has 0 spiro atoms. The Morgan fingerprint density at radius 2 is 1.87 bits per heavy atom. The zero-order valence-electron chi connectivity index (χ0n) is 13.5. The lowest BCUT2D eigenvalue weighted by Gasteiger charge is -2.18. The molecule has 118 valence electrons. The number of benzene rings is 1. The summed E-state index contributed by atoms with van der Waals surface area (Å²) in [5.74, 6) is 0. The Bertz CT molecular complexity index is 847. The molecular weight excluding hydrogens is 286 g/mol. The third-order valence-corrected chi connectivity index (χ3v) is 4.83. The van der Waals surface area contributed by atoms with Crippen LogP contribution >= 0.6 is 0 Å². The van der Waals surface area contributed by atoms with Gasteiger partial charge in [0.1, 0.15) is 0 Å². The fraction of sp³-hybridized carbons (Fsp3) is 0.350. The maximum Gasteiger partial charge on any atom is 0.254 e. The van der Waals surface area contributed by atoms with Crippen LogP contribution in [-0.2, 0) is 12.0 Å². The topological polar surface area (TPSA) is 42.2 Å². The molecule has 2 aromatic rings. The van der Waals surface area contributed by atoms with Crippen molar-refractivity contribution in [3.8, 4) is 11.1 Å². The second-order valence-electron chi connectivity index (χ2n) is 7.12. The van der Waals surface area contributed by atoms with Crippen LogP contribution in [0.25, 0.3) is 17.2 Å². The fourth-order valence-electron chi connectivity index (χ4n) is 3.29. The van der Waals surface area contributed by atoms with Crippen molar-refractivity contribution in [3.05, 3.63) is 63.6 Å². The number of nitrogens with zero attached hydrogens (tertiary/aromatic N) is 1. The molecule has 3 heteroatoms. The van der Waals surface area contributed by atoms with Crippen LogP contribution < -0.4 is 5.56 Å². The second-order valence-corrected chi connectivity index (χ2v) is 7.12. The van der Waals surface area contributed by atoms with E-state index in [-0.39, 0.29) is 5.56 Å². The molecule has 0 atom stereocenters. The van der Waals surface area contributed by atoms with Gasteiger partial charge in [-0.2, -0.15) is 0 Å². The Morgan fingerprint density at radius 3 is 2.48 bits per heavy atom. The second kappa shape index (κ2) is 4.93. The molecule has 1 saturated carbocycles. The van der Waals surface area contributed by atoms with Gasteiger partial charge in [-0.05, 0) is 49.8 Å². The number of rotatable bonds is 3. The van der Waals surface area contributed by atoms with Crippen LogP contribution in [0.15, 0.2) is 41.3 Å². The minimum absolute atomic E-state index is 0.171. The number of aromatic nitrogens is 1. The van der Waals surface area contributed by atoms with Crippen LogP contribution in [-0.4, -0.2) is 9.67 Å². The summed E-state index contributed by atoms with van der Waals surface area (Å²) in [7, 11) is 0. The summed E-state index contributed by atoms with van der Waals surface area (Å²) in [6.07, 6.45) is 9.08. The number of pyridine rings is 1. The molecule has 4 rings (SSSR count). The Labute approximate surface area is 135 Å². The van der Waals surface area contributed by atoms with E-state index in [0.29, 0.717) is 6.04 Å². The minimum Gasteiger partial charge on any atom is -0.386 e. The molecule has 3 nitrogen and oxygen atoms in total. The van der Waals surface area contributed by atoms with E-state index in [2.05, 4.69) is 12.2 Å². The molecule has 0 unspecified atom stereocenters. The van der Waals surface area contributed by atoms with Crippen LogP contribution in [0.3, 0.4) is 0 Å². The van der Waals surface area contributed by atoms with E-state index in [9.17, 15) is 9.90 Å². The average Bonchev–Trinajstić information content (AvgIpc) is 3.23. The van der Waals surface area contributed by atoms with E-state index in [0.717, 1.165) is 47.1 Å². The zero-order chi connectivity index (χ0) is 16.2. The van der Waals surface area contributed by atoms with Gasteiger partial charge >= 0.3 is 0 Å². The van der Waals surface area contributed by atoms with Gasteiger partial charge < -0.3 is 9.67 Å². The van der Waals surface area contributed by atoms with Gasteiger partial charge in [-0.15, -0.1) is 0 Å². The first-order valence-corrected chi connectivity index (χ1v) is 8.23. The predicted octanol–water partition coefficient (Wildman–Crippen LogP) is 3.65. The van der Waals surface area contributed by atoms with E-state index >= 15 is 0 Å². The SMILES string of the molecule is CC(C)(O)c1ccc(-c2cn(C3CC3)c(=O)c3c2C=CC3)cc1. The first-order valence-electron chi connectivity index (χ1n) is 8.23. The maximum absolute atomic E-state index is 12.6. The van der Waals surface area contributed by atoms with Crippen LogP contribution in [0.5, 0.6) is 0 Å². The molecule has 0 saturated heterocycles. The van der Waals surface area contributed by atoms with Crippen molar-refractivity contribution in [2.24, 2.45) is 0 Å². The number of hydrogen-bond donors (Lipinski definition) is 1. The van der Waals surface area contributed by atoms with Gasteiger partial charge in [-0.3, -0.25) is 4.79 Å². The van der Waals surface area contributed by atoms with Crippen molar-refractivity contribution in [2.45, 2.75) is 44.8 Å². The molecule has 0 radical (unpaired) electrons. The van der Waals surface area contributed by atoms with E-state index < -0.39 is 5.60 Å². The van der Waals surface area contributed by atoms with Gasteiger partial charge in [0.25, 0.3) is 5.56 Å². The van der Waals surface area contributed by atoms with Crippen LogP contribution in [0, 0.1) is 0 Å². The average molecular weight is 307 g/mol. The van der Waals surface area contributed by atoms with Crippen molar-refractivity contribution in [1.29, 1.82) is 0 Å². The number of fused-ring (bicyclic) bond motifs is 1. The van der Waals surface area contributed by atoms with Gasteiger partial charge in [0.2, 0.25) is 0 Å². The summed E-state index contributed by atoms with van der Waals surface area (Å²) in [6, 6.07) is 8.39. The first kappa shape index (κ1) is 14.5. The summed E-state index contributed by atoms with van der Waals surface area (Å²) in [5, 5.41) is 10.1. The highest BCUT2D eigenvalue weighted by Crippen LogP contribution is 2.37. The Hall–Kier alpha value is -2.13. The van der Waals surface area contributed by atoms with Crippen molar-refractivity contribution in [1.82, 2.24) is 4.57 Å². The van der Waals surface area contributed by atoms with Gasteiger partial charge in [-0.1, -0.05) is 36.4 Å². The summed E-state index contributed by atoms with van der Waals surface area (Å²) in [4.78, 5) is 12.6. The normalized spacial score (nSPS) is 16.7. The lowest BCUT2D eigenvalue weighted by molar-refractivity contribution is 0.0786. The van der Waals surface area contributed by atoms with E-state index in [1.54, 1.807) is 13.8 Å². The summed E-state index contributed by atoms with van der Waals surface area (Å²) < 4.78 is 1.92. The summed E-state index contributed by atoms with van der Waals surface area (Å²) in [6.45, 7) is 3.57. The summed E-state index contributed by atoms with van der Waals surface area (Å²) >= 11 is 0. The molecular formula is C20H21NO2. The quantitative estimate of drug-likeness (QED) is 0.940. The summed E-state index contributed by atoms with van der Waals surface area (Å²) in [5.41, 5.74) is 4.41. The standard InChI is InChI=1S/C20H21NO2/c1-20(2,23)14-8-6-13(7-9-14)18-12-21(15-10-11-15)19(22)17-5-3-4-16(17)18/h3-4,6-9,12,15,23H,5,10-11H2,1-2H3.